The molecule has 0 spiro atoms. The Balaban J connectivity index is 2.37. The van der Waals surface area contributed by atoms with Crippen molar-refractivity contribution < 1.29 is 4.74 Å². The Labute approximate surface area is 102 Å². The molecule has 1 fully saturated rings. The highest BCUT2D eigenvalue weighted by Crippen LogP contribution is 2.27. The molecule has 2 rings (SSSR count). The predicted molar refractivity (Wildman–Crippen MR) is 64.9 cm³/mol. The Kier molecular flexibility index (Phi) is 2.84. The molecule has 0 amide bonds. The van der Waals surface area contributed by atoms with Gasteiger partial charge in [0, 0.05) is 20.1 Å². The number of hydrogen-bond donors (Lipinski definition) is 0. The fourth-order valence-electron chi connectivity index (χ4n) is 2.34. The maximum Gasteiger partial charge on any atom is 0.145 e. The van der Waals surface area contributed by atoms with Crippen LogP contribution in [0.4, 0.5) is 5.82 Å². The van der Waals surface area contributed by atoms with Crippen LogP contribution in [-0.4, -0.2) is 35.1 Å². The van der Waals surface area contributed by atoms with Gasteiger partial charge in [0.2, 0.25) is 0 Å². The van der Waals surface area contributed by atoms with Crippen molar-refractivity contribution in [3.05, 3.63) is 11.3 Å². The number of ether oxygens (including phenoxy) is 1. The molecule has 1 aliphatic rings. The second-order valence-corrected chi connectivity index (χ2v) is 5.05. The molecule has 0 aliphatic carbocycles. The molecule has 0 unspecified atom stereocenters. The van der Waals surface area contributed by atoms with Gasteiger partial charge in [0.1, 0.15) is 17.5 Å². The van der Waals surface area contributed by atoms with Gasteiger partial charge in [0.05, 0.1) is 17.9 Å². The average Bonchev–Trinajstić information content (AvgIpc) is 2.51. The van der Waals surface area contributed by atoms with Gasteiger partial charge >= 0.3 is 0 Å². The monoisotopic (exact) mass is 234 g/mol. The van der Waals surface area contributed by atoms with Crippen molar-refractivity contribution in [2.75, 3.05) is 24.6 Å². The lowest BCUT2D eigenvalue weighted by atomic mass is 10.1. The van der Waals surface area contributed by atoms with Crippen molar-refractivity contribution in [3.8, 4) is 6.07 Å². The first kappa shape index (κ1) is 11.9. The molecule has 2 heterocycles. The molecule has 1 aromatic heterocycles. The van der Waals surface area contributed by atoms with Gasteiger partial charge in [0.25, 0.3) is 0 Å². The van der Waals surface area contributed by atoms with Crippen LogP contribution >= 0.6 is 0 Å². The molecule has 17 heavy (non-hydrogen) atoms. The van der Waals surface area contributed by atoms with Crippen LogP contribution < -0.4 is 4.90 Å². The smallest absolute Gasteiger partial charge is 0.145 e. The van der Waals surface area contributed by atoms with Crippen LogP contribution in [0, 0.1) is 18.3 Å². The molecule has 0 saturated carbocycles. The van der Waals surface area contributed by atoms with Crippen LogP contribution in [0.1, 0.15) is 25.1 Å². The van der Waals surface area contributed by atoms with E-state index in [2.05, 4.69) is 29.9 Å². The minimum Gasteiger partial charge on any atom is -0.372 e. The highest BCUT2D eigenvalue weighted by atomic mass is 16.5. The van der Waals surface area contributed by atoms with Gasteiger partial charge < -0.3 is 9.64 Å². The second-order valence-electron chi connectivity index (χ2n) is 5.05. The summed E-state index contributed by atoms with van der Waals surface area (Å²) in [6.07, 6.45) is 0. The molecule has 0 atom stereocenters. The quantitative estimate of drug-likeness (QED) is 0.733. The highest BCUT2D eigenvalue weighted by molar-refractivity contribution is 5.57. The Hall–Kier alpha value is -1.54. The lowest BCUT2D eigenvalue weighted by molar-refractivity contribution is -0.0280. The Morgan fingerprint density at radius 3 is 2.76 bits per heavy atom. The maximum absolute atomic E-state index is 9.21. The number of anilines is 1. The topological polar surface area (TPSA) is 54.1 Å². The maximum atomic E-state index is 9.21. The molecular formula is C12H18N4O. The Morgan fingerprint density at radius 1 is 1.47 bits per heavy atom. The van der Waals surface area contributed by atoms with Crippen LogP contribution in [0.2, 0.25) is 0 Å². The molecule has 92 valence electrons. The summed E-state index contributed by atoms with van der Waals surface area (Å²) in [7, 11) is 1.88. The number of aromatic nitrogens is 2. The summed E-state index contributed by atoms with van der Waals surface area (Å²) in [4.78, 5) is 2.18. The van der Waals surface area contributed by atoms with Gasteiger partial charge in [-0.1, -0.05) is 0 Å². The standard InChI is InChI=1S/C12H18N4O/c1-9-10(7-13)11(15(4)14-9)16-5-6-17-12(2,3)8-16/h5-6,8H2,1-4H3. The van der Waals surface area contributed by atoms with Crippen LogP contribution in [0.5, 0.6) is 0 Å². The van der Waals surface area contributed by atoms with Gasteiger partial charge in [0.15, 0.2) is 0 Å². The average molecular weight is 234 g/mol. The van der Waals surface area contributed by atoms with Gasteiger partial charge in [-0.15, -0.1) is 0 Å². The first-order valence-corrected chi connectivity index (χ1v) is 5.77. The molecule has 5 nitrogen and oxygen atoms in total. The summed E-state index contributed by atoms with van der Waals surface area (Å²) < 4.78 is 7.47. The van der Waals surface area contributed by atoms with E-state index >= 15 is 0 Å². The highest BCUT2D eigenvalue weighted by Gasteiger charge is 2.30. The zero-order valence-corrected chi connectivity index (χ0v) is 10.8. The van der Waals surface area contributed by atoms with Crippen molar-refractivity contribution in [3.63, 3.8) is 0 Å². The zero-order valence-electron chi connectivity index (χ0n) is 10.8. The zero-order chi connectivity index (χ0) is 12.6. The lowest BCUT2D eigenvalue weighted by Crippen LogP contribution is -2.49. The molecule has 0 bridgehead atoms. The van der Waals surface area contributed by atoms with E-state index in [1.807, 2.05) is 14.0 Å². The van der Waals surface area contributed by atoms with E-state index in [4.69, 9.17) is 4.74 Å². The molecule has 1 aliphatic heterocycles. The van der Waals surface area contributed by atoms with E-state index in [1.54, 1.807) is 4.68 Å². The van der Waals surface area contributed by atoms with E-state index in [0.717, 1.165) is 24.6 Å². The SMILES string of the molecule is Cc1nn(C)c(N2CCOC(C)(C)C2)c1C#N. The van der Waals surface area contributed by atoms with Crippen LogP contribution in [0.15, 0.2) is 0 Å². The van der Waals surface area contributed by atoms with E-state index in [-0.39, 0.29) is 5.60 Å². The third-order valence-corrected chi connectivity index (χ3v) is 3.03. The van der Waals surface area contributed by atoms with Gasteiger partial charge in [-0.3, -0.25) is 4.68 Å². The van der Waals surface area contributed by atoms with Gasteiger partial charge in [-0.25, -0.2) is 0 Å². The summed E-state index contributed by atoms with van der Waals surface area (Å²) in [6.45, 7) is 8.26. The normalized spacial score (nSPS) is 19.1. The van der Waals surface area contributed by atoms with Crippen LogP contribution in [0.25, 0.3) is 0 Å². The molecule has 0 N–H and O–H groups in total. The van der Waals surface area contributed by atoms with E-state index in [0.29, 0.717) is 12.2 Å². The Morgan fingerprint density at radius 2 is 2.18 bits per heavy atom. The summed E-state index contributed by atoms with van der Waals surface area (Å²) in [5.41, 5.74) is 1.28. The van der Waals surface area contributed by atoms with Gasteiger partial charge in [-0.2, -0.15) is 10.4 Å². The molecule has 1 aromatic rings. The van der Waals surface area contributed by atoms with E-state index in [1.165, 1.54) is 0 Å². The van der Waals surface area contributed by atoms with Crippen LogP contribution in [-0.2, 0) is 11.8 Å². The van der Waals surface area contributed by atoms with E-state index in [9.17, 15) is 5.26 Å². The first-order valence-electron chi connectivity index (χ1n) is 5.77. The summed E-state index contributed by atoms with van der Waals surface area (Å²) in [5, 5.41) is 13.5. The van der Waals surface area contributed by atoms with Crippen molar-refractivity contribution in [2.24, 2.45) is 7.05 Å². The molecule has 0 aromatic carbocycles. The van der Waals surface area contributed by atoms with Crippen molar-refractivity contribution in [1.29, 1.82) is 5.26 Å². The fourth-order valence-corrected chi connectivity index (χ4v) is 2.34. The fraction of sp³-hybridized carbons (Fsp3) is 0.667. The van der Waals surface area contributed by atoms with Crippen LogP contribution in [0.3, 0.4) is 0 Å². The predicted octanol–water partition coefficient (Wildman–Crippen LogP) is 1.22. The number of hydrogen-bond acceptors (Lipinski definition) is 4. The molecule has 0 radical (unpaired) electrons. The molecule has 5 heteroatoms. The van der Waals surface area contributed by atoms with E-state index < -0.39 is 0 Å². The summed E-state index contributed by atoms with van der Waals surface area (Å²) >= 11 is 0. The number of aryl methyl sites for hydroxylation is 2. The number of rotatable bonds is 1. The minimum atomic E-state index is -0.177. The van der Waals surface area contributed by atoms with Gasteiger partial charge in [-0.05, 0) is 20.8 Å². The number of nitrogens with zero attached hydrogens (tertiary/aromatic N) is 4. The molecule has 1 saturated heterocycles. The lowest BCUT2D eigenvalue weighted by Gasteiger charge is -2.39. The minimum absolute atomic E-state index is 0.177. The largest absolute Gasteiger partial charge is 0.372 e. The number of morpholine rings is 1. The summed E-state index contributed by atoms with van der Waals surface area (Å²) in [5.74, 6) is 0.904. The van der Waals surface area contributed by atoms with Crippen molar-refractivity contribution in [2.45, 2.75) is 26.4 Å². The summed E-state index contributed by atoms with van der Waals surface area (Å²) in [6, 6.07) is 2.24. The molecular weight excluding hydrogens is 216 g/mol. The van der Waals surface area contributed by atoms with Crippen molar-refractivity contribution in [1.82, 2.24) is 9.78 Å². The Bertz CT molecular complexity index is 470. The second kappa shape index (κ2) is 4.04. The third kappa shape index (κ3) is 2.13. The first-order chi connectivity index (χ1) is 7.94. The third-order valence-electron chi connectivity index (χ3n) is 3.03. The number of nitriles is 1. The van der Waals surface area contributed by atoms with Crippen molar-refractivity contribution >= 4 is 5.82 Å².